The summed E-state index contributed by atoms with van der Waals surface area (Å²) in [4.78, 5) is 0. The standard InChI is InChI=1S/C14H26ClN3O/c1-3-4-5-6-7-8-9-10-11-16-14-18-17-13(19-14)12(2)15/h12H,3-11H2,1-2H3,(H,16,18). The number of hydrogen-bond donors (Lipinski definition) is 1. The first-order chi connectivity index (χ1) is 9.24. The van der Waals surface area contributed by atoms with Crippen LogP contribution in [-0.4, -0.2) is 16.7 Å². The fourth-order valence-corrected chi connectivity index (χ4v) is 2.01. The zero-order valence-corrected chi connectivity index (χ0v) is 12.9. The largest absolute Gasteiger partial charge is 0.407 e. The molecule has 0 aliphatic heterocycles. The summed E-state index contributed by atoms with van der Waals surface area (Å²) in [5.41, 5.74) is 0. The van der Waals surface area contributed by atoms with E-state index in [1.165, 1.54) is 44.9 Å². The van der Waals surface area contributed by atoms with Gasteiger partial charge in [0.05, 0.1) is 0 Å². The van der Waals surface area contributed by atoms with Crippen molar-refractivity contribution in [1.82, 2.24) is 10.2 Å². The molecule has 1 heterocycles. The Morgan fingerprint density at radius 1 is 1.05 bits per heavy atom. The average molecular weight is 288 g/mol. The molecule has 0 radical (unpaired) electrons. The third-order valence-corrected chi connectivity index (χ3v) is 3.27. The second kappa shape index (κ2) is 10.1. The predicted molar refractivity (Wildman–Crippen MR) is 79.7 cm³/mol. The summed E-state index contributed by atoms with van der Waals surface area (Å²) in [6, 6.07) is 0.477. The van der Waals surface area contributed by atoms with Crippen LogP contribution in [0.5, 0.6) is 0 Å². The molecular weight excluding hydrogens is 262 g/mol. The summed E-state index contributed by atoms with van der Waals surface area (Å²) in [6.45, 7) is 4.95. The van der Waals surface area contributed by atoms with Gasteiger partial charge in [0.2, 0.25) is 5.89 Å². The molecular formula is C14H26ClN3O. The maximum atomic E-state index is 5.85. The molecule has 0 aliphatic rings. The molecule has 0 spiro atoms. The first-order valence-corrected chi connectivity index (χ1v) is 7.89. The maximum Gasteiger partial charge on any atom is 0.315 e. The van der Waals surface area contributed by atoms with Gasteiger partial charge in [0.1, 0.15) is 5.38 Å². The molecule has 1 unspecified atom stereocenters. The summed E-state index contributed by atoms with van der Waals surface area (Å²) in [7, 11) is 0. The number of hydrogen-bond acceptors (Lipinski definition) is 4. The molecule has 0 saturated heterocycles. The van der Waals surface area contributed by atoms with Gasteiger partial charge in [0.25, 0.3) is 0 Å². The van der Waals surface area contributed by atoms with Crippen LogP contribution in [0.4, 0.5) is 6.01 Å². The Morgan fingerprint density at radius 2 is 1.68 bits per heavy atom. The number of anilines is 1. The molecule has 1 aromatic heterocycles. The van der Waals surface area contributed by atoms with Crippen molar-refractivity contribution in [2.45, 2.75) is 70.6 Å². The molecule has 5 heteroatoms. The van der Waals surface area contributed by atoms with Crippen molar-refractivity contribution in [2.24, 2.45) is 0 Å². The highest BCUT2D eigenvalue weighted by atomic mass is 35.5. The van der Waals surface area contributed by atoms with Crippen molar-refractivity contribution in [3.8, 4) is 0 Å². The van der Waals surface area contributed by atoms with Gasteiger partial charge in [-0.05, 0) is 13.3 Å². The smallest absolute Gasteiger partial charge is 0.315 e. The normalized spacial score (nSPS) is 12.6. The van der Waals surface area contributed by atoms with Gasteiger partial charge in [-0.3, -0.25) is 0 Å². The zero-order chi connectivity index (χ0) is 13.9. The molecule has 0 aliphatic carbocycles. The Hall–Kier alpha value is -0.770. The molecule has 0 amide bonds. The summed E-state index contributed by atoms with van der Waals surface area (Å²) >= 11 is 5.85. The van der Waals surface area contributed by atoms with Gasteiger partial charge < -0.3 is 9.73 Å². The number of nitrogens with one attached hydrogen (secondary N) is 1. The van der Waals surface area contributed by atoms with Crippen molar-refractivity contribution in [1.29, 1.82) is 0 Å². The fourth-order valence-electron chi connectivity index (χ4n) is 1.92. The number of nitrogens with zero attached hydrogens (tertiary/aromatic N) is 2. The molecule has 1 N–H and O–H groups in total. The van der Waals surface area contributed by atoms with Crippen LogP contribution in [0.3, 0.4) is 0 Å². The van der Waals surface area contributed by atoms with Crippen LogP contribution in [0, 0.1) is 0 Å². The van der Waals surface area contributed by atoms with E-state index in [4.69, 9.17) is 16.0 Å². The number of halogens is 1. The number of rotatable bonds is 11. The molecule has 0 fully saturated rings. The van der Waals surface area contributed by atoms with E-state index in [9.17, 15) is 0 Å². The summed E-state index contributed by atoms with van der Waals surface area (Å²) in [6.07, 6.45) is 10.5. The Kier molecular flexibility index (Phi) is 8.63. The summed E-state index contributed by atoms with van der Waals surface area (Å²) in [5, 5.41) is 10.7. The number of unbranched alkanes of at least 4 members (excludes halogenated alkanes) is 7. The maximum absolute atomic E-state index is 5.85. The van der Waals surface area contributed by atoms with Crippen LogP contribution < -0.4 is 5.32 Å². The van der Waals surface area contributed by atoms with Gasteiger partial charge in [-0.25, -0.2) is 0 Å². The topological polar surface area (TPSA) is 51.0 Å². The van der Waals surface area contributed by atoms with Crippen molar-refractivity contribution < 1.29 is 4.42 Å². The minimum Gasteiger partial charge on any atom is -0.407 e. The van der Waals surface area contributed by atoms with E-state index in [2.05, 4.69) is 22.4 Å². The summed E-state index contributed by atoms with van der Waals surface area (Å²) < 4.78 is 5.35. The molecule has 1 aromatic rings. The van der Waals surface area contributed by atoms with Crippen molar-refractivity contribution in [2.75, 3.05) is 11.9 Å². The van der Waals surface area contributed by atoms with E-state index in [0.717, 1.165) is 13.0 Å². The lowest BCUT2D eigenvalue weighted by molar-refractivity contribution is 0.504. The van der Waals surface area contributed by atoms with Crippen molar-refractivity contribution in [3.05, 3.63) is 5.89 Å². The van der Waals surface area contributed by atoms with Gasteiger partial charge in [-0.15, -0.1) is 16.7 Å². The highest BCUT2D eigenvalue weighted by molar-refractivity contribution is 6.20. The van der Waals surface area contributed by atoms with Gasteiger partial charge in [0.15, 0.2) is 0 Å². The van der Waals surface area contributed by atoms with Crippen molar-refractivity contribution in [3.63, 3.8) is 0 Å². The Morgan fingerprint density at radius 3 is 2.26 bits per heavy atom. The lowest BCUT2D eigenvalue weighted by Gasteiger charge is -2.02. The van der Waals surface area contributed by atoms with Crippen LogP contribution in [0.25, 0.3) is 0 Å². The molecule has 1 atom stereocenters. The molecule has 1 rings (SSSR count). The molecule has 19 heavy (non-hydrogen) atoms. The van der Waals surface area contributed by atoms with Gasteiger partial charge in [0, 0.05) is 6.54 Å². The van der Waals surface area contributed by atoms with Gasteiger partial charge >= 0.3 is 6.01 Å². The highest BCUT2D eigenvalue weighted by Gasteiger charge is 2.10. The lowest BCUT2D eigenvalue weighted by Crippen LogP contribution is -2.01. The van der Waals surface area contributed by atoms with Crippen LogP contribution in [0.1, 0.15) is 76.5 Å². The van der Waals surface area contributed by atoms with Crippen LogP contribution >= 0.6 is 11.6 Å². The fraction of sp³-hybridized carbons (Fsp3) is 0.857. The Labute approximate surface area is 121 Å². The van der Waals surface area contributed by atoms with Crippen LogP contribution in [0.2, 0.25) is 0 Å². The molecule has 4 nitrogen and oxygen atoms in total. The van der Waals surface area contributed by atoms with E-state index < -0.39 is 0 Å². The van der Waals surface area contributed by atoms with E-state index >= 15 is 0 Å². The summed E-state index contributed by atoms with van der Waals surface area (Å²) in [5.74, 6) is 0.472. The molecule has 0 aromatic carbocycles. The third kappa shape index (κ3) is 7.41. The number of alkyl halides is 1. The van der Waals surface area contributed by atoms with Gasteiger partial charge in [-0.1, -0.05) is 57.0 Å². The number of aromatic nitrogens is 2. The Bertz CT molecular complexity index is 328. The van der Waals surface area contributed by atoms with E-state index in [1.54, 1.807) is 0 Å². The first kappa shape index (κ1) is 16.3. The second-order valence-corrected chi connectivity index (χ2v) is 5.62. The van der Waals surface area contributed by atoms with Crippen LogP contribution in [0.15, 0.2) is 4.42 Å². The van der Waals surface area contributed by atoms with Crippen molar-refractivity contribution >= 4 is 17.6 Å². The third-order valence-electron chi connectivity index (χ3n) is 3.09. The predicted octanol–water partition coefficient (Wildman–Crippen LogP) is 4.92. The van der Waals surface area contributed by atoms with E-state index in [1.807, 2.05) is 6.92 Å². The minimum atomic E-state index is -0.230. The molecule has 110 valence electrons. The monoisotopic (exact) mass is 287 g/mol. The Balaban J connectivity index is 1.95. The van der Waals surface area contributed by atoms with E-state index in [0.29, 0.717) is 11.9 Å². The zero-order valence-electron chi connectivity index (χ0n) is 12.1. The average Bonchev–Trinajstić information content (AvgIpc) is 2.86. The molecule has 0 saturated carbocycles. The quantitative estimate of drug-likeness (QED) is 0.463. The molecule has 0 bridgehead atoms. The van der Waals surface area contributed by atoms with Gasteiger partial charge in [-0.2, -0.15) is 0 Å². The minimum absolute atomic E-state index is 0.230. The highest BCUT2D eigenvalue weighted by Crippen LogP contribution is 2.19. The SMILES string of the molecule is CCCCCCCCCCNc1nnc(C(C)Cl)o1. The van der Waals surface area contributed by atoms with Crippen LogP contribution in [-0.2, 0) is 0 Å². The first-order valence-electron chi connectivity index (χ1n) is 7.45. The second-order valence-electron chi connectivity index (χ2n) is 4.96. The van der Waals surface area contributed by atoms with E-state index in [-0.39, 0.29) is 5.38 Å². The lowest BCUT2D eigenvalue weighted by atomic mass is 10.1.